The molecule has 0 bridgehead atoms. The van der Waals surface area contributed by atoms with Crippen molar-refractivity contribution in [3.8, 4) is 11.4 Å². The standard InChI is InChI=1S/C27H20F3N3O4/c28-27(29,30)37-18-10-8-15(9-11-18)22-23-19(13-16(14-20(23)34)21-7-4-12-36-21)31-25-24(22)26(35)33(32-25)17-5-2-1-3-6-17/h1-12,16,22,31-32H,13-14H2/t16-,22-/m1/s1. The highest BCUT2D eigenvalue weighted by Gasteiger charge is 2.42. The molecule has 6 rings (SSSR count). The number of aromatic amines is 1. The van der Waals surface area contributed by atoms with E-state index in [0.717, 1.165) is 0 Å². The van der Waals surface area contributed by atoms with Gasteiger partial charge in [-0.05, 0) is 48.4 Å². The van der Waals surface area contributed by atoms with Gasteiger partial charge in [0.05, 0.1) is 17.5 Å². The minimum Gasteiger partial charge on any atom is -0.469 e. The summed E-state index contributed by atoms with van der Waals surface area (Å²) in [6, 6.07) is 17.8. The fraction of sp³-hybridized carbons (Fsp3) is 0.185. The molecule has 2 atom stereocenters. The van der Waals surface area contributed by atoms with Crippen LogP contribution in [0.15, 0.2) is 93.5 Å². The van der Waals surface area contributed by atoms with E-state index < -0.39 is 12.3 Å². The van der Waals surface area contributed by atoms with Gasteiger partial charge in [-0.25, -0.2) is 4.68 Å². The molecule has 3 heterocycles. The fourth-order valence-corrected chi connectivity index (χ4v) is 5.17. The molecular formula is C27H20F3N3O4. The Kier molecular flexibility index (Phi) is 5.32. The van der Waals surface area contributed by atoms with E-state index in [-0.39, 0.29) is 29.4 Å². The van der Waals surface area contributed by atoms with Crippen molar-refractivity contribution in [2.45, 2.75) is 31.0 Å². The number of rotatable bonds is 4. The molecule has 2 N–H and O–H groups in total. The molecule has 2 aromatic carbocycles. The number of furan rings is 1. The third kappa shape index (κ3) is 4.14. The van der Waals surface area contributed by atoms with Crippen LogP contribution >= 0.6 is 0 Å². The summed E-state index contributed by atoms with van der Waals surface area (Å²) >= 11 is 0. The highest BCUT2D eigenvalue weighted by molar-refractivity contribution is 6.01. The van der Waals surface area contributed by atoms with E-state index in [0.29, 0.717) is 46.1 Å². The topological polar surface area (TPSA) is 89.3 Å². The van der Waals surface area contributed by atoms with Crippen molar-refractivity contribution in [3.63, 3.8) is 0 Å². The van der Waals surface area contributed by atoms with Gasteiger partial charge in [0.25, 0.3) is 5.56 Å². The van der Waals surface area contributed by atoms with Crippen LogP contribution in [0, 0.1) is 0 Å². The zero-order chi connectivity index (χ0) is 25.7. The Balaban J connectivity index is 1.48. The van der Waals surface area contributed by atoms with Gasteiger partial charge in [0.15, 0.2) is 5.78 Å². The number of aromatic nitrogens is 2. The summed E-state index contributed by atoms with van der Waals surface area (Å²) in [6.45, 7) is 0. The van der Waals surface area contributed by atoms with Crippen LogP contribution in [-0.2, 0) is 4.79 Å². The summed E-state index contributed by atoms with van der Waals surface area (Å²) < 4.78 is 49.0. The van der Waals surface area contributed by atoms with Gasteiger partial charge in [0, 0.05) is 29.5 Å². The molecule has 0 amide bonds. The number of benzene rings is 2. The lowest BCUT2D eigenvalue weighted by Gasteiger charge is -2.33. The molecule has 10 heteroatoms. The smallest absolute Gasteiger partial charge is 0.469 e. The van der Waals surface area contributed by atoms with Crippen molar-refractivity contribution in [2.75, 3.05) is 5.32 Å². The maximum atomic E-state index is 13.7. The maximum Gasteiger partial charge on any atom is 0.573 e. The highest BCUT2D eigenvalue weighted by atomic mass is 19.4. The van der Waals surface area contributed by atoms with E-state index >= 15 is 0 Å². The molecule has 37 heavy (non-hydrogen) atoms. The number of hydrogen-bond acceptors (Lipinski definition) is 5. The molecule has 1 aliphatic heterocycles. The molecule has 0 saturated heterocycles. The Hall–Kier alpha value is -4.47. The number of fused-ring (bicyclic) bond motifs is 1. The number of halogens is 3. The number of allylic oxidation sites excluding steroid dienone is 2. The summed E-state index contributed by atoms with van der Waals surface area (Å²) in [4.78, 5) is 27.2. The Morgan fingerprint density at radius 1 is 0.946 bits per heavy atom. The Bertz CT molecular complexity index is 1550. The number of carbonyl (C=O) groups excluding carboxylic acids is 1. The number of alkyl halides is 3. The van der Waals surface area contributed by atoms with Crippen LogP contribution in [-0.4, -0.2) is 21.9 Å². The van der Waals surface area contributed by atoms with Crippen molar-refractivity contribution in [1.82, 2.24) is 9.78 Å². The number of anilines is 1. The number of carbonyl (C=O) groups is 1. The first kappa shape index (κ1) is 23.0. The fourth-order valence-electron chi connectivity index (χ4n) is 5.17. The first-order chi connectivity index (χ1) is 17.8. The van der Waals surface area contributed by atoms with Crippen LogP contribution in [0.25, 0.3) is 5.69 Å². The van der Waals surface area contributed by atoms with E-state index in [1.807, 2.05) is 12.1 Å². The number of nitrogens with one attached hydrogen (secondary N) is 2. The molecule has 0 radical (unpaired) electrons. The van der Waals surface area contributed by atoms with Gasteiger partial charge in [-0.15, -0.1) is 13.2 Å². The second kappa shape index (κ2) is 8.58. The second-order valence-electron chi connectivity index (χ2n) is 8.99. The lowest BCUT2D eigenvalue weighted by atomic mass is 9.73. The third-order valence-corrected chi connectivity index (χ3v) is 6.69. The maximum absolute atomic E-state index is 13.7. The number of para-hydroxylation sites is 1. The second-order valence-corrected chi connectivity index (χ2v) is 8.99. The Labute approximate surface area is 208 Å². The summed E-state index contributed by atoms with van der Waals surface area (Å²) in [5, 5.41) is 6.37. The van der Waals surface area contributed by atoms with E-state index in [1.54, 1.807) is 36.6 Å². The SMILES string of the molecule is O=C1C[C@H](c2ccco2)CC2=C1[C@@H](c1ccc(OC(F)(F)F)cc1)c1c([nH]n(-c3ccccc3)c1=O)N2. The van der Waals surface area contributed by atoms with Crippen LogP contribution in [0.1, 0.15) is 41.6 Å². The number of ether oxygens (including phenoxy) is 1. The molecule has 7 nitrogen and oxygen atoms in total. The lowest BCUT2D eigenvalue weighted by Crippen LogP contribution is -2.32. The zero-order valence-corrected chi connectivity index (χ0v) is 19.2. The zero-order valence-electron chi connectivity index (χ0n) is 19.2. The van der Waals surface area contributed by atoms with Crippen molar-refractivity contribution in [2.24, 2.45) is 0 Å². The molecule has 0 spiro atoms. The largest absolute Gasteiger partial charge is 0.573 e. The van der Waals surface area contributed by atoms with Crippen molar-refractivity contribution in [1.29, 1.82) is 0 Å². The lowest BCUT2D eigenvalue weighted by molar-refractivity contribution is -0.274. The molecule has 4 aromatic rings. The van der Waals surface area contributed by atoms with Gasteiger partial charge in [-0.2, -0.15) is 0 Å². The number of ketones is 1. The van der Waals surface area contributed by atoms with E-state index in [9.17, 15) is 22.8 Å². The number of Topliss-reactive ketones (excluding diaryl/α,β-unsaturated/α-hetero) is 1. The van der Waals surface area contributed by atoms with Gasteiger partial charge in [0.1, 0.15) is 17.3 Å². The van der Waals surface area contributed by atoms with Gasteiger partial charge in [0.2, 0.25) is 0 Å². The minimum atomic E-state index is -4.83. The van der Waals surface area contributed by atoms with Gasteiger partial charge in [-0.3, -0.25) is 14.7 Å². The molecule has 0 fully saturated rings. The molecule has 0 saturated carbocycles. The Morgan fingerprint density at radius 2 is 1.70 bits per heavy atom. The average molecular weight is 507 g/mol. The van der Waals surface area contributed by atoms with Crippen molar-refractivity contribution < 1.29 is 27.1 Å². The normalized spacial score (nSPS) is 19.3. The quantitative estimate of drug-likeness (QED) is 0.375. The van der Waals surface area contributed by atoms with E-state index in [4.69, 9.17) is 4.42 Å². The highest BCUT2D eigenvalue weighted by Crippen LogP contribution is 2.47. The first-order valence-corrected chi connectivity index (χ1v) is 11.6. The van der Waals surface area contributed by atoms with Crippen LogP contribution in [0.4, 0.5) is 19.0 Å². The number of nitrogens with zero attached hydrogens (tertiary/aromatic N) is 1. The van der Waals surface area contributed by atoms with Crippen LogP contribution in [0.5, 0.6) is 5.75 Å². The monoisotopic (exact) mass is 507 g/mol. The summed E-state index contributed by atoms with van der Waals surface area (Å²) in [7, 11) is 0. The van der Waals surface area contributed by atoms with Gasteiger partial charge in [-0.1, -0.05) is 30.3 Å². The third-order valence-electron chi connectivity index (χ3n) is 6.69. The predicted octanol–water partition coefficient (Wildman–Crippen LogP) is 5.62. The molecular weight excluding hydrogens is 487 g/mol. The van der Waals surface area contributed by atoms with Crippen molar-refractivity contribution in [3.05, 3.63) is 112 Å². The van der Waals surface area contributed by atoms with Crippen LogP contribution < -0.4 is 15.6 Å². The van der Waals surface area contributed by atoms with E-state index in [1.165, 1.54) is 28.9 Å². The molecule has 188 valence electrons. The first-order valence-electron chi connectivity index (χ1n) is 11.6. The molecule has 2 aromatic heterocycles. The van der Waals surface area contributed by atoms with E-state index in [2.05, 4.69) is 15.2 Å². The Morgan fingerprint density at radius 3 is 2.38 bits per heavy atom. The van der Waals surface area contributed by atoms with Crippen LogP contribution in [0.3, 0.4) is 0 Å². The van der Waals surface area contributed by atoms with Crippen LogP contribution in [0.2, 0.25) is 0 Å². The molecule has 2 aliphatic rings. The van der Waals surface area contributed by atoms with Crippen molar-refractivity contribution >= 4 is 11.6 Å². The number of H-pyrrole nitrogens is 1. The summed E-state index contributed by atoms with van der Waals surface area (Å²) in [5.41, 5.74) is 2.14. The van der Waals surface area contributed by atoms with Gasteiger partial charge < -0.3 is 14.5 Å². The molecule has 0 unspecified atom stereocenters. The summed E-state index contributed by atoms with van der Waals surface area (Å²) in [6.07, 6.45) is -2.62. The van der Waals surface area contributed by atoms with Gasteiger partial charge >= 0.3 is 6.36 Å². The predicted molar refractivity (Wildman–Crippen MR) is 128 cm³/mol. The minimum absolute atomic E-state index is 0.159. The average Bonchev–Trinajstić information content (AvgIpc) is 3.52. The summed E-state index contributed by atoms with van der Waals surface area (Å²) in [5.74, 6) is -0.378. The number of hydrogen-bond donors (Lipinski definition) is 2. The molecule has 1 aliphatic carbocycles.